The number of hydrogen-bond acceptors (Lipinski definition) is 4. The van der Waals surface area contributed by atoms with Gasteiger partial charge in [-0.25, -0.2) is 9.59 Å². The van der Waals surface area contributed by atoms with Crippen molar-refractivity contribution in [3.05, 3.63) is 0 Å². The Balaban J connectivity index is 3.30. The first-order valence-corrected chi connectivity index (χ1v) is 3.37. The summed E-state index contributed by atoms with van der Waals surface area (Å²) < 4.78 is 6.46. The smallest absolute Gasteiger partial charge is 0.388 e. The van der Waals surface area contributed by atoms with Crippen LogP contribution < -0.4 is 10.5 Å². The SMILES string of the molecule is CCOC(=O)SNC(N)=O. The molecule has 0 aromatic rings. The molecule has 0 aliphatic carbocycles. The fraction of sp³-hybridized carbons (Fsp3) is 0.500. The molecule has 0 aromatic carbocycles. The van der Waals surface area contributed by atoms with Crippen LogP contribution in [0.15, 0.2) is 0 Å². The molecule has 58 valence electrons. The average Bonchev–Trinajstić information content (AvgIpc) is 1.85. The van der Waals surface area contributed by atoms with Crippen LogP contribution >= 0.6 is 11.9 Å². The fourth-order valence-electron chi connectivity index (χ4n) is 0.239. The van der Waals surface area contributed by atoms with E-state index in [1.54, 1.807) is 6.92 Å². The first kappa shape index (κ1) is 9.09. The lowest BCUT2D eigenvalue weighted by atomic mass is 10.9. The van der Waals surface area contributed by atoms with Gasteiger partial charge in [0, 0.05) is 0 Å². The summed E-state index contributed by atoms with van der Waals surface area (Å²) in [6.45, 7) is 1.95. The van der Waals surface area contributed by atoms with Gasteiger partial charge in [0.1, 0.15) is 0 Å². The monoisotopic (exact) mass is 164 g/mol. The molecule has 0 heterocycles. The van der Waals surface area contributed by atoms with E-state index in [-0.39, 0.29) is 6.61 Å². The molecule has 6 heteroatoms. The van der Waals surface area contributed by atoms with E-state index in [0.717, 1.165) is 0 Å². The molecule has 10 heavy (non-hydrogen) atoms. The predicted octanol–water partition coefficient (Wildman–Crippen LogP) is 0.459. The van der Waals surface area contributed by atoms with Crippen molar-refractivity contribution in [2.45, 2.75) is 6.92 Å². The normalized spacial score (nSPS) is 8.50. The lowest BCUT2D eigenvalue weighted by molar-refractivity contribution is 0.181. The number of nitrogens with one attached hydrogen (secondary N) is 1. The zero-order valence-corrected chi connectivity index (χ0v) is 6.23. The molecule has 0 bridgehead atoms. The fourth-order valence-corrected chi connectivity index (χ4v) is 0.600. The molecule has 0 radical (unpaired) electrons. The molecule has 0 saturated heterocycles. The quantitative estimate of drug-likeness (QED) is 0.435. The minimum Gasteiger partial charge on any atom is -0.457 e. The first-order chi connectivity index (χ1) is 4.66. The number of carbonyl (C=O) groups excluding carboxylic acids is 2. The van der Waals surface area contributed by atoms with Crippen LogP contribution in [0.5, 0.6) is 0 Å². The molecule has 5 nitrogen and oxygen atoms in total. The summed E-state index contributed by atoms with van der Waals surface area (Å²) in [6, 6.07) is -0.766. The third-order valence-corrected chi connectivity index (χ3v) is 1.08. The van der Waals surface area contributed by atoms with Crippen molar-refractivity contribution in [3.8, 4) is 0 Å². The van der Waals surface area contributed by atoms with Gasteiger partial charge in [0.05, 0.1) is 18.6 Å². The molecular weight excluding hydrogens is 156 g/mol. The highest BCUT2D eigenvalue weighted by Gasteiger charge is 2.02. The Morgan fingerprint density at radius 1 is 1.70 bits per heavy atom. The van der Waals surface area contributed by atoms with Gasteiger partial charge in [0.25, 0.3) is 0 Å². The molecule has 0 atom stereocenters. The van der Waals surface area contributed by atoms with Gasteiger partial charge in [0.2, 0.25) is 0 Å². The Kier molecular flexibility index (Phi) is 4.47. The van der Waals surface area contributed by atoms with Crippen molar-refractivity contribution in [2.24, 2.45) is 5.73 Å². The number of rotatable bonds is 1. The highest BCUT2D eigenvalue weighted by Crippen LogP contribution is 1.97. The van der Waals surface area contributed by atoms with E-state index >= 15 is 0 Å². The molecule has 0 unspecified atom stereocenters. The number of nitrogens with two attached hydrogens (primary N) is 1. The zero-order valence-electron chi connectivity index (χ0n) is 5.42. The summed E-state index contributed by atoms with van der Waals surface area (Å²) in [5.41, 5.74) is 4.66. The van der Waals surface area contributed by atoms with Gasteiger partial charge in [-0.05, 0) is 6.92 Å². The highest BCUT2D eigenvalue weighted by molar-refractivity contribution is 8.12. The highest BCUT2D eigenvalue weighted by atomic mass is 32.2. The molecule has 0 aromatic heterocycles. The van der Waals surface area contributed by atoms with Crippen molar-refractivity contribution >= 4 is 23.3 Å². The molecule has 0 aliphatic rings. The maximum Gasteiger partial charge on any atom is 0.388 e. The van der Waals surface area contributed by atoms with Crippen LogP contribution in [0, 0.1) is 0 Å². The van der Waals surface area contributed by atoms with E-state index < -0.39 is 11.3 Å². The number of urea groups is 1. The average molecular weight is 164 g/mol. The Labute approximate surface area is 62.4 Å². The second-order valence-electron chi connectivity index (χ2n) is 1.25. The number of hydrogen-bond donors (Lipinski definition) is 2. The number of amides is 2. The number of ether oxygens (including phenoxy) is 1. The Hall–Kier alpha value is -0.910. The molecule has 0 saturated carbocycles. The molecule has 0 aliphatic heterocycles. The van der Waals surface area contributed by atoms with Gasteiger partial charge in [-0.3, -0.25) is 4.72 Å². The van der Waals surface area contributed by atoms with E-state index in [1.807, 2.05) is 4.72 Å². The summed E-state index contributed by atoms with van der Waals surface area (Å²) in [7, 11) is 0. The largest absolute Gasteiger partial charge is 0.457 e. The van der Waals surface area contributed by atoms with Crippen LogP contribution in [0.3, 0.4) is 0 Å². The van der Waals surface area contributed by atoms with Gasteiger partial charge in [-0.15, -0.1) is 0 Å². The Morgan fingerprint density at radius 2 is 2.30 bits per heavy atom. The van der Waals surface area contributed by atoms with E-state index in [0.29, 0.717) is 11.9 Å². The second-order valence-corrected chi connectivity index (χ2v) is 1.99. The van der Waals surface area contributed by atoms with Crippen molar-refractivity contribution < 1.29 is 14.3 Å². The lowest BCUT2D eigenvalue weighted by Gasteiger charge is -1.98. The van der Waals surface area contributed by atoms with Crippen molar-refractivity contribution in [3.63, 3.8) is 0 Å². The Bertz CT molecular complexity index is 138. The zero-order chi connectivity index (χ0) is 7.98. The summed E-state index contributed by atoms with van der Waals surface area (Å²) in [6.07, 6.45) is 0. The predicted molar refractivity (Wildman–Crippen MR) is 37.3 cm³/mol. The topological polar surface area (TPSA) is 81.4 Å². The van der Waals surface area contributed by atoms with Gasteiger partial charge < -0.3 is 10.5 Å². The maximum atomic E-state index is 10.4. The summed E-state index contributed by atoms with van der Waals surface area (Å²) in [5.74, 6) is 0. The molecule has 0 rings (SSSR count). The van der Waals surface area contributed by atoms with Crippen LogP contribution in [-0.4, -0.2) is 17.9 Å². The molecule has 3 N–H and O–H groups in total. The standard InChI is InChI=1S/C4H8N2O3S/c1-2-9-4(8)10-6-3(5)7/h2H2,1H3,(H3,5,6,7). The van der Waals surface area contributed by atoms with Crippen LogP contribution in [0.25, 0.3) is 0 Å². The minimum atomic E-state index is -0.766. The lowest BCUT2D eigenvalue weighted by Crippen LogP contribution is -2.24. The van der Waals surface area contributed by atoms with E-state index in [1.165, 1.54) is 0 Å². The third kappa shape index (κ3) is 5.23. The van der Waals surface area contributed by atoms with Crippen molar-refractivity contribution in [2.75, 3.05) is 6.61 Å². The van der Waals surface area contributed by atoms with Crippen molar-refractivity contribution in [1.29, 1.82) is 0 Å². The maximum absolute atomic E-state index is 10.4. The van der Waals surface area contributed by atoms with E-state index in [4.69, 9.17) is 0 Å². The van der Waals surface area contributed by atoms with Crippen LogP contribution in [0.1, 0.15) is 6.92 Å². The van der Waals surface area contributed by atoms with Gasteiger partial charge in [-0.2, -0.15) is 0 Å². The van der Waals surface area contributed by atoms with Crippen molar-refractivity contribution in [1.82, 2.24) is 4.72 Å². The summed E-state index contributed by atoms with van der Waals surface area (Å²) in [4.78, 5) is 20.4. The molecule has 0 fully saturated rings. The van der Waals surface area contributed by atoms with E-state index in [2.05, 4.69) is 10.5 Å². The molecule has 2 amide bonds. The third-order valence-electron chi connectivity index (χ3n) is 0.497. The van der Waals surface area contributed by atoms with E-state index in [9.17, 15) is 9.59 Å². The number of carbonyl (C=O) groups is 2. The summed E-state index contributed by atoms with van der Waals surface area (Å²) in [5, 5.41) is -0.568. The van der Waals surface area contributed by atoms with Gasteiger partial charge >= 0.3 is 11.3 Å². The Morgan fingerprint density at radius 3 is 2.70 bits per heavy atom. The summed E-state index contributed by atoms with van der Waals surface area (Å²) >= 11 is 0.523. The molecular formula is C4H8N2O3S. The van der Waals surface area contributed by atoms with Crippen LogP contribution in [-0.2, 0) is 4.74 Å². The second kappa shape index (κ2) is 4.92. The van der Waals surface area contributed by atoms with Gasteiger partial charge in [0.15, 0.2) is 0 Å². The van der Waals surface area contributed by atoms with Crippen LogP contribution in [0.4, 0.5) is 9.59 Å². The van der Waals surface area contributed by atoms with Crippen LogP contribution in [0.2, 0.25) is 0 Å². The number of primary amides is 1. The first-order valence-electron chi connectivity index (χ1n) is 2.56. The van der Waals surface area contributed by atoms with Gasteiger partial charge in [-0.1, -0.05) is 0 Å². The minimum absolute atomic E-state index is 0.284. The molecule has 0 spiro atoms.